The average Bonchev–Trinajstić information content (AvgIpc) is 3.31. The zero-order chi connectivity index (χ0) is 49.4. The van der Waals surface area contributed by atoms with Gasteiger partial charge in [-0.05, 0) is 30.7 Å². The van der Waals surface area contributed by atoms with Crippen LogP contribution in [0.2, 0.25) is 0 Å². The van der Waals surface area contributed by atoms with Crippen LogP contribution >= 0.6 is 0 Å². The summed E-state index contributed by atoms with van der Waals surface area (Å²) in [5.74, 6) is -6.05. The van der Waals surface area contributed by atoms with Gasteiger partial charge in [0.25, 0.3) is 0 Å². The van der Waals surface area contributed by atoms with Crippen LogP contribution in [-0.4, -0.2) is 157 Å². The first kappa shape index (κ1) is 49.6. The van der Waals surface area contributed by atoms with Crippen LogP contribution in [0.3, 0.4) is 0 Å². The molecule has 2 amide bonds. The second-order valence-electron chi connectivity index (χ2n) is 16.8. The fraction of sp³-hybridized carbons (Fsp3) is 0.435. The van der Waals surface area contributed by atoms with Gasteiger partial charge < -0.3 is 79.9 Å². The Balaban J connectivity index is 1.00. The molecule has 2 fully saturated rings. The smallest absolute Gasteiger partial charge is 0.407 e. The number of aromatic hydroxyl groups is 2. The van der Waals surface area contributed by atoms with Crippen LogP contribution in [-0.2, 0) is 51.1 Å². The van der Waals surface area contributed by atoms with E-state index in [1.54, 1.807) is 0 Å². The van der Waals surface area contributed by atoms with E-state index in [9.17, 15) is 69.6 Å². The van der Waals surface area contributed by atoms with Crippen molar-refractivity contribution in [3.63, 3.8) is 0 Å². The predicted octanol–water partition coefficient (Wildman–Crippen LogP) is -0.123. The molecule has 3 aromatic carbocycles. The number of carbonyl (C=O) groups is 6. The number of nitrogens with one attached hydrogen (secondary N) is 2. The second-order valence-corrected chi connectivity index (χ2v) is 16.8. The van der Waals surface area contributed by atoms with E-state index in [4.69, 9.17) is 28.4 Å². The van der Waals surface area contributed by atoms with Crippen LogP contribution in [0.4, 0.5) is 10.5 Å². The molecule has 0 unspecified atom stereocenters. The maximum atomic E-state index is 14.0. The van der Waals surface area contributed by atoms with Gasteiger partial charge in [0.05, 0.1) is 54.6 Å². The number of rotatable bonds is 14. The zero-order valence-electron chi connectivity index (χ0n) is 36.5. The molecule has 0 radical (unpaired) electrons. The molecule has 0 saturated carbocycles. The van der Waals surface area contributed by atoms with E-state index in [0.717, 1.165) is 0 Å². The number of carbonyl (C=O) groups excluding carboxylic acids is 6. The number of phenols is 2. The topological polar surface area (TPSA) is 344 Å². The van der Waals surface area contributed by atoms with Crippen molar-refractivity contribution in [1.82, 2.24) is 5.32 Å². The second kappa shape index (κ2) is 20.1. The van der Waals surface area contributed by atoms with Crippen molar-refractivity contribution in [3.8, 4) is 17.2 Å². The first-order chi connectivity index (χ1) is 32.3. The SMILES string of the molecule is C=CCOC(=O)[C@H]1O[C@@H](CC(=O)Nc2ccc(COC(=O)N[C@H]3C[C@H](O[C@H]4C[C@](O)(C(=O)CO)Cc5c(O)c6c(c(O)c54)C(=O)c4c(OC)cccc4C6=O)O[C@@H](C)[C@H]3O)cc2)[C@H](O)[C@@H](O)[C@@H]1O. The molecular weight excluding hydrogens is 900 g/mol. The normalized spacial score (nSPS) is 28.5. The van der Waals surface area contributed by atoms with Crippen molar-refractivity contribution >= 4 is 41.0 Å². The van der Waals surface area contributed by atoms with Crippen molar-refractivity contribution < 1.29 is 98.0 Å². The monoisotopic (exact) mass is 950 g/mol. The minimum atomic E-state index is -2.41. The Labute approximate surface area is 386 Å². The number of anilines is 1. The fourth-order valence-corrected chi connectivity index (χ4v) is 8.82. The molecule has 11 atom stereocenters. The van der Waals surface area contributed by atoms with E-state index in [-0.39, 0.29) is 53.3 Å². The molecule has 0 spiro atoms. The van der Waals surface area contributed by atoms with E-state index in [0.29, 0.717) is 5.56 Å². The van der Waals surface area contributed by atoms with Gasteiger partial charge in [-0.3, -0.25) is 19.2 Å². The minimum Gasteiger partial charge on any atom is -0.507 e. The molecule has 4 aliphatic rings. The quantitative estimate of drug-likeness (QED) is 0.0447. The molecular formula is C46H50N2O20. The third-order valence-corrected chi connectivity index (χ3v) is 12.3. The van der Waals surface area contributed by atoms with Crippen LogP contribution in [0.1, 0.15) is 80.8 Å². The Hall–Kier alpha value is -6.34. The van der Waals surface area contributed by atoms with Crippen molar-refractivity contribution in [1.29, 1.82) is 0 Å². The van der Waals surface area contributed by atoms with Crippen molar-refractivity contribution in [2.24, 2.45) is 0 Å². The maximum absolute atomic E-state index is 14.0. The zero-order valence-corrected chi connectivity index (χ0v) is 36.5. The van der Waals surface area contributed by atoms with E-state index >= 15 is 0 Å². The molecule has 7 rings (SSSR count). The number of benzene rings is 3. The first-order valence-electron chi connectivity index (χ1n) is 21.3. The number of ketones is 3. The number of aliphatic hydroxyl groups excluding tert-OH is 5. The summed E-state index contributed by atoms with van der Waals surface area (Å²) in [6.07, 6.45) is -15.5. The fourth-order valence-electron chi connectivity index (χ4n) is 8.82. The number of esters is 1. The lowest BCUT2D eigenvalue weighted by Crippen LogP contribution is -2.60. The molecule has 3 aromatic rings. The number of amides is 2. The van der Waals surface area contributed by atoms with Crippen LogP contribution in [0, 0.1) is 0 Å². The molecule has 22 nitrogen and oxygen atoms in total. The number of ether oxygens (including phenoxy) is 6. The first-order valence-corrected chi connectivity index (χ1v) is 21.3. The molecule has 2 aliphatic carbocycles. The van der Waals surface area contributed by atoms with Crippen molar-refractivity contribution in [2.45, 2.75) is 106 Å². The largest absolute Gasteiger partial charge is 0.507 e. The number of hydrogen-bond acceptors (Lipinski definition) is 20. The van der Waals surface area contributed by atoms with Crippen LogP contribution in [0.5, 0.6) is 17.2 Å². The molecule has 10 N–H and O–H groups in total. The lowest BCUT2D eigenvalue weighted by atomic mass is 9.72. The van der Waals surface area contributed by atoms with Gasteiger partial charge in [0.2, 0.25) is 11.7 Å². The van der Waals surface area contributed by atoms with Crippen molar-refractivity contribution in [3.05, 3.63) is 94.1 Å². The number of fused-ring (bicyclic) bond motifs is 3. The van der Waals surface area contributed by atoms with Crippen LogP contribution in [0.25, 0.3) is 0 Å². The van der Waals surface area contributed by atoms with Gasteiger partial charge in [-0.1, -0.05) is 36.9 Å². The Morgan fingerprint density at radius 1 is 0.897 bits per heavy atom. The average molecular weight is 951 g/mol. The highest BCUT2D eigenvalue weighted by Crippen LogP contribution is 2.52. The van der Waals surface area contributed by atoms with Crippen LogP contribution < -0.4 is 15.4 Å². The lowest BCUT2D eigenvalue weighted by Gasteiger charge is -2.42. The summed E-state index contributed by atoms with van der Waals surface area (Å²) in [6.45, 7) is 3.26. The molecule has 2 heterocycles. The highest BCUT2D eigenvalue weighted by molar-refractivity contribution is 6.31. The van der Waals surface area contributed by atoms with Gasteiger partial charge in [0, 0.05) is 41.6 Å². The van der Waals surface area contributed by atoms with Gasteiger partial charge in [0.1, 0.15) is 67.1 Å². The summed E-state index contributed by atoms with van der Waals surface area (Å²) in [5.41, 5.74) is -3.67. The summed E-state index contributed by atoms with van der Waals surface area (Å²) in [6, 6.07) is 9.11. The third-order valence-electron chi connectivity index (χ3n) is 12.3. The highest BCUT2D eigenvalue weighted by atomic mass is 16.7. The van der Waals surface area contributed by atoms with Gasteiger partial charge in [-0.2, -0.15) is 0 Å². The standard InChI is InChI=1S/C46H50N2O20/c1-4-12-64-44(60)43-42(59)41(58)38(55)26(68-43)14-29(51)47-21-10-8-20(9-11-21)18-65-45(61)48-24-13-30(66-19(2)35(24)52)67-27-16-46(62,28(50)17-49)15-23-32(27)40(57)34-33(37(23)54)36(53)22-6-5-7-25(63-3)31(22)39(34)56/h4-11,19,24,26-27,30,35,38,41-43,49,52,54-55,57-59,62H,1,12-18H2,2-3H3,(H,47,51)(H,48,61)/t19-,24-,26-,27-,30-,35+,38-,41+,42-,43-,46-/m0/s1. The Morgan fingerprint density at radius 2 is 1.60 bits per heavy atom. The van der Waals surface area contributed by atoms with E-state index in [2.05, 4.69) is 17.2 Å². The molecule has 2 saturated heterocycles. The Morgan fingerprint density at radius 3 is 2.28 bits per heavy atom. The molecule has 2 aliphatic heterocycles. The van der Waals surface area contributed by atoms with E-state index < -0.39 is 151 Å². The molecule has 364 valence electrons. The molecule has 68 heavy (non-hydrogen) atoms. The number of alkyl carbamates (subject to hydrolysis) is 1. The highest BCUT2D eigenvalue weighted by Gasteiger charge is 2.51. The van der Waals surface area contributed by atoms with Crippen LogP contribution in [0.15, 0.2) is 55.1 Å². The lowest BCUT2D eigenvalue weighted by molar-refractivity contribution is -0.249. The van der Waals surface area contributed by atoms with Gasteiger partial charge in [-0.15, -0.1) is 0 Å². The number of Topliss-reactive ketones (excluding diaryl/α,β-unsaturated/α-hetero) is 1. The molecule has 22 heteroatoms. The van der Waals surface area contributed by atoms with Crippen molar-refractivity contribution in [2.75, 3.05) is 25.6 Å². The predicted molar refractivity (Wildman–Crippen MR) is 228 cm³/mol. The third kappa shape index (κ3) is 9.54. The number of phenolic OH excluding ortho intramolecular Hbond substituents is 2. The minimum absolute atomic E-state index is 0.0244. The summed E-state index contributed by atoms with van der Waals surface area (Å²) in [5, 5.41) is 91.9. The summed E-state index contributed by atoms with van der Waals surface area (Å²) < 4.78 is 33.1. The number of methoxy groups -OCH3 is 1. The molecule has 0 aromatic heterocycles. The summed E-state index contributed by atoms with van der Waals surface area (Å²) in [7, 11) is 1.28. The summed E-state index contributed by atoms with van der Waals surface area (Å²) >= 11 is 0. The Bertz CT molecular complexity index is 2490. The number of aliphatic hydroxyl groups is 6. The maximum Gasteiger partial charge on any atom is 0.407 e. The summed E-state index contributed by atoms with van der Waals surface area (Å²) in [4.78, 5) is 79.0. The molecule has 0 bridgehead atoms. The van der Waals surface area contributed by atoms with Gasteiger partial charge >= 0.3 is 12.1 Å². The Kier molecular flexibility index (Phi) is 14.6. The van der Waals surface area contributed by atoms with E-state index in [1.807, 2.05) is 0 Å². The van der Waals surface area contributed by atoms with Gasteiger partial charge in [0.15, 0.2) is 24.0 Å². The number of hydrogen-bond donors (Lipinski definition) is 10. The van der Waals surface area contributed by atoms with Gasteiger partial charge in [-0.25, -0.2) is 9.59 Å². The van der Waals surface area contributed by atoms with E-state index in [1.165, 1.54) is 62.6 Å².